The van der Waals surface area contributed by atoms with E-state index in [1.807, 2.05) is 18.2 Å². The molecule has 2 aromatic rings. The molecule has 0 unspecified atom stereocenters. The van der Waals surface area contributed by atoms with Gasteiger partial charge in [0.1, 0.15) is 5.82 Å². The van der Waals surface area contributed by atoms with Crippen molar-refractivity contribution in [3.63, 3.8) is 0 Å². The lowest BCUT2D eigenvalue weighted by Gasteiger charge is -2.16. The van der Waals surface area contributed by atoms with Crippen molar-refractivity contribution < 1.29 is 9.53 Å². The van der Waals surface area contributed by atoms with Crippen LogP contribution in [0.3, 0.4) is 0 Å². The van der Waals surface area contributed by atoms with Gasteiger partial charge in [-0.25, -0.2) is 9.78 Å². The molecule has 1 aromatic heterocycles. The maximum atomic E-state index is 12.0. The summed E-state index contributed by atoms with van der Waals surface area (Å²) in [5, 5.41) is 3.20. The van der Waals surface area contributed by atoms with Crippen molar-refractivity contribution in [2.75, 3.05) is 29.9 Å². The van der Waals surface area contributed by atoms with Gasteiger partial charge in [-0.3, -0.25) is 0 Å². The minimum atomic E-state index is -0.343. The molecule has 1 aliphatic rings. The number of carbonyl (C=O) groups is 1. The Kier molecular flexibility index (Phi) is 4.71. The van der Waals surface area contributed by atoms with E-state index in [0.29, 0.717) is 23.7 Å². The SMILES string of the molecule is CCOC(=O)c1ccccc1Nc1ccnc(N2CCCC2)n1. The number of nitrogens with zero attached hydrogens (tertiary/aromatic N) is 3. The van der Waals surface area contributed by atoms with Crippen molar-refractivity contribution in [1.82, 2.24) is 9.97 Å². The molecule has 1 fully saturated rings. The van der Waals surface area contributed by atoms with Gasteiger partial charge in [0, 0.05) is 19.3 Å². The van der Waals surface area contributed by atoms with Gasteiger partial charge < -0.3 is 15.0 Å². The summed E-state index contributed by atoms with van der Waals surface area (Å²) < 4.78 is 5.09. The van der Waals surface area contributed by atoms with Crippen molar-refractivity contribution in [2.24, 2.45) is 0 Å². The van der Waals surface area contributed by atoms with Crippen molar-refractivity contribution >= 4 is 23.4 Å². The van der Waals surface area contributed by atoms with Gasteiger partial charge in [0.2, 0.25) is 5.95 Å². The van der Waals surface area contributed by atoms with Crippen LogP contribution in [0, 0.1) is 0 Å². The second-order valence-electron chi connectivity index (χ2n) is 5.33. The first kappa shape index (κ1) is 15.3. The molecule has 1 aliphatic heterocycles. The Morgan fingerprint density at radius 3 is 2.83 bits per heavy atom. The van der Waals surface area contributed by atoms with Crippen molar-refractivity contribution in [1.29, 1.82) is 0 Å². The Balaban J connectivity index is 1.82. The van der Waals surface area contributed by atoms with Crippen LogP contribution >= 0.6 is 0 Å². The van der Waals surface area contributed by atoms with Gasteiger partial charge in [-0.1, -0.05) is 12.1 Å². The minimum Gasteiger partial charge on any atom is -0.462 e. The molecule has 0 atom stereocenters. The number of esters is 1. The third-order valence-electron chi connectivity index (χ3n) is 3.72. The van der Waals surface area contributed by atoms with E-state index >= 15 is 0 Å². The van der Waals surface area contributed by atoms with Crippen LogP contribution in [0.15, 0.2) is 36.5 Å². The van der Waals surface area contributed by atoms with E-state index in [-0.39, 0.29) is 5.97 Å². The summed E-state index contributed by atoms with van der Waals surface area (Å²) in [7, 11) is 0. The van der Waals surface area contributed by atoms with Gasteiger partial charge in [-0.15, -0.1) is 0 Å². The first-order chi connectivity index (χ1) is 11.3. The molecule has 1 N–H and O–H groups in total. The van der Waals surface area contributed by atoms with Crippen LogP contribution in [0.5, 0.6) is 0 Å². The van der Waals surface area contributed by atoms with Crippen LogP contribution in [0.4, 0.5) is 17.5 Å². The topological polar surface area (TPSA) is 67.3 Å². The Bertz CT molecular complexity index is 684. The standard InChI is InChI=1S/C17H20N4O2/c1-2-23-16(22)13-7-3-4-8-14(13)19-15-9-10-18-17(20-15)21-11-5-6-12-21/h3-4,7-10H,2,5-6,11-12H2,1H3,(H,18,19,20). The zero-order valence-electron chi connectivity index (χ0n) is 13.2. The number of aromatic nitrogens is 2. The minimum absolute atomic E-state index is 0.343. The molecule has 0 saturated carbocycles. The lowest BCUT2D eigenvalue weighted by Crippen LogP contribution is -2.20. The van der Waals surface area contributed by atoms with Gasteiger partial charge in [0.15, 0.2) is 0 Å². The molecule has 1 saturated heterocycles. The van der Waals surface area contributed by atoms with Crippen LogP contribution < -0.4 is 10.2 Å². The second-order valence-corrected chi connectivity index (χ2v) is 5.33. The average molecular weight is 312 g/mol. The lowest BCUT2D eigenvalue weighted by molar-refractivity contribution is 0.0527. The number of hydrogen-bond donors (Lipinski definition) is 1. The molecule has 23 heavy (non-hydrogen) atoms. The maximum Gasteiger partial charge on any atom is 0.340 e. The van der Waals surface area contributed by atoms with Crippen LogP contribution in [-0.4, -0.2) is 35.6 Å². The molecule has 0 spiro atoms. The molecule has 0 radical (unpaired) electrons. The van der Waals surface area contributed by atoms with Crippen LogP contribution in [0.25, 0.3) is 0 Å². The zero-order valence-corrected chi connectivity index (χ0v) is 13.2. The highest BCUT2D eigenvalue weighted by molar-refractivity contribution is 5.96. The summed E-state index contributed by atoms with van der Waals surface area (Å²) in [4.78, 5) is 23.1. The molecular formula is C17H20N4O2. The largest absolute Gasteiger partial charge is 0.462 e. The van der Waals surface area contributed by atoms with Gasteiger partial charge in [-0.2, -0.15) is 4.98 Å². The Morgan fingerprint density at radius 2 is 2.04 bits per heavy atom. The van der Waals surface area contributed by atoms with E-state index in [4.69, 9.17) is 4.74 Å². The molecule has 6 heteroatoms. The summed E-state index contributed by atoms with van der Waals surface area (Å²) >= 11 is 0. The fourth-order valence-electron chi connectivity index (χ4n) is 2.60. The Hall–Kier alpha value is -2.63. The highest BCUT2D eigenvalue weighted by Gasteiger charge is 2.16. The number of nitrogens with one attached hydrogen (secondary N) is 1. The summed E-state index contributed by atoms with van der Waals surface area (Å²) in [5.41, 5.74) is 1.17. The lowest BCUT2D eigenvalue weighted by atomic mass is 10.2. The van der Waals surface area contributed by atoms with E-state index in [0.717, 1.165) is 19.0 Å². The first-order valence-electron chi connectivity index (χ1n) is 7.89. The van der Waals surface area contributed by atoms with E-state index in [1.54, 1.807) is 25.3 Å². The van der Waals surface area contributed by atoms with E-state index in [9.17, 15) is 4.79 Å². The number of hydrogen-bond acceptors (Lipinski definition) is 6. The van der Waals surface area contributed by atoms with Gasteiger partial charge >= 0.3 is 5.97 Å². The summed E-state index contributed by atoms with van der Waals surface area (Å²) in [6.07, 6.45) is 4.08. The summed E-state index contributed by atoms with van der Waals surface area (Å²) in [6.45, 7) is 4.12. The molecule has 0 bridgehead atoms. The quantitative estimate of drug-likeness (QED) is 0.856. The molecule has 2 heterocycles. The third-order valence-corrected chi connectivity index (χ3v) is 3.72. The zero-order chi connectivity index (χ0) is 16.1. The molecule has 6 nitrogen and oxygen atoms in total. The van der Waals surface area contributed by atoms with Crippen molar-refractivity contribution in [3.8, 4) is 0 Å². The number of benzene rings is 1. The smallest absolute Gasteiger partial charge is 0.340 e. The monoisotopic (exact) mass is 312 g/mol. The van der Waals surface area contributed by atoms with Gasteiger partial charge in [0.05, 0.1) is 17.9 Å². The van der Waals surface area contributed by atoms with Gasteiger partial charge in [0.25, 0.3) is 0 Å². The number of carbonyl (C=O) groups excluding carboxylic acids is 1. The molecule has 120 valence electrons. The molecular weight excluding hydrogens is 292 g/mol. The summed E-state index contributed by atoms with van der Waals surface area (Å²) in [5.74, 6) is 1.05. The molecule has 0 amide bonds. The highest BCUT2D eigenvalue weighted by Crippen LogP contribution is 2.22. The summed E-state index contributed by atoms with van der Waals surface area (Å²) in [6, 6.07) is 9.05. The normalized spacial score (nSPS) is 13.9. The molecule has 0 aliphatic carbocycles. The molecule has 1 aromatic carbocycles. The van der Waals surface area contributed by atoms with Crippen molar-refractivity contribution in [3.05, 3.63) is 42.1 Å². The second kappa shape index (κ2) is 7.09. The Labute approximate surface area is 135 Å². The number of ether oxygens (including phenoxy) is 1. The number of rotatable bonds is 5. The number of anilines is 3. The van der Waals surface area contributed by atoms with E-state index < -0.39 is 0 Å². The predicted octanol–water partition coefficient (Wildman–Crippen LogP) is 3.00. The van der Waals surface area contributed by atoms with Crippen LogP contribution in [-0.2, 0) is 4.74 Å². The Morgan fingerprint density at radius 1 is 1.26 bits per heavy atom. The first-order valence-corrected chi connectivity index (χ1v) is 7.89. The van der Waals surface area contributed by atoms with Crippen LogP contribution in [0.1, 0.15) is 30.1 Å². The van der Waals surface area contributed by atoms with E-state index in [2.05, 4.69) is 20.2 Å². The van der Waals surface area contributed by atoms with E-state index in [1.165, 1.54) is 12.8 Å². The number of para-hydroxylation sites is 1. The molecule has 3 rings (SSSR count). The van der Waals surface area contributed by atoms with Crippen LogP contribution in [0.2, 0.25) is 0 Å². The third kappa shape index (κ3) is 3.59. The average Bonchev–Trinajstić information content (AvgIpc) is 3.10. The highest BCUT2D eigenvalue weighted by atomic mass is 16.5. The maximum absolute atomic E-state index is 12.0. The van der Waals surface area contributed by atoms with Gasteiger partial charge in [-0.05, 0) is 38.0 Å². The fraction of sp³-hybridized carbons (Fsp3) is 0.353. The van der Waals surface area contributed by atoms with Crippen molar-refractivity contribution in [2.45, 2.75) is 19.8 Å². The fourth-order valence-corrected chi connectivity index (χ4v) is 2.60. The predicted molar refractivity (Wildman–Crippen MR) is 89.2 cm³/mol.